The fraction of sp³-hybridized carbons (Fsp3) is 0.0714. The van der Waals surface area contributed by atoms with Crippen molar-refractivity contribution in [3.63, 3.8) is 0 Å². The van der Waals surface area contributed by atoms with Crippen molar-refractivity contribution in [1.82, 2.24) is 0 Å². The van der Waals surface area contributed by atoms with E-state index in [0.717, 1.165) is 6.07 Å². The lowest BCUT2D eigenvalue weighted by Crippen LogP contribution is -2.15. The number of hydrogen-bond acceptors (Lipinski definition) is 3. The van der Waals surface area contributed by atoms with Crippen molar-refractivity contribution in [3.8, 4) is 11.5 Å². The highest BCUT2D eigenvalue weighted by Crippen LogP contribution is 2.28. The summed E-state index contributed by atoms with van der Waals surface area (Å²) in [5, 5.41) is 21.1. The van der Waals surface area contributed by atoms with Crippen molar-refractivity contribution >= 4 is 11.6 Å². The number of carbonyl (C=O) groups is 1. The summed E-state index contributed by atoms with van der Waals surface area (Å²) in [6.07, 6.45) is 0. The predicted molar refractivity (Wildman–Crippen MR) is 68.8 cm³/mol. The number of amides is 1. The van der Waals surface area contributed by atoms with E-state index < -0.39 is 40.3 Å². The first kappa shape index (κ1) is 13.8. The molecule has 0 radical (unpaired) electrons. The van der Waals surface area contributed by atoms with Gasteiger partial charge in [-0.3, -0.25) is 4.79 Å². The van der Waals surface area contributed by atoms with Gasteiger partial charge in [0.15, 0.2) is 5.82 Å². The van der Waals surface area contributed by atoms with E-state index in [-0.39, 0.29) is 5.56 Å². The summed E-state index contributed by atoms with van der Waals surface area (Å²) >= 11 is 0. The number of nitrogens with one attached hydrogen (secondary N) is 1. The van der Waals surface area contributed by atoms with Crippen LogP contribution in [-0.2, 0) is 0 Å². The predicted octanol–water partition coefficient (Wildman–Crippen LogP) is 2.94. The molecule has 3 N–H and O–H groups in total. The van der Waals surface area contributed by atoms with E-state index in [1.54, 1.807) is 0 Å². The van der Waals surface area contributed by atoms with Crippen LogP contribution in [0.2, 0.25) is 0 Å². The van der Waals surface area contributed by atoms with Gasteiger partial charge in [-0.15, -0.1) is 0 Å². The Kier molecular flexibility index (Phi) is 3.56. The maximum atomic E-state index is 13.8. The van der Waals surface area contributed by atoms with E-state index in [1.807, 2.05) is 5.32 Å². The molecule has 20 heavy (non-hydrogen) atoms. The average molecular weight is 279 g/mol. The Hall–Kier alpha value is -2.63. The van der Waals surface area contributed by atoms with Crippen LogP contribution in [0, 0.1) is 18.6 Å². The summed E-state index contributed by atoms with van der Waals surface area (Å²) in [5.74, 6) is -3.85. The van der Waals surface area contributed by atoms with Crippen LogP contribution in [-0.4, -0.2) is 16.1 Å². The van der Waals surface area contributed by atoms with Crippen LogP contribution in [0.3, 0.4) is 0 Å². The third-order valence-electron chi connectivity index (χ3n) is 2.77. The van der Waals surface area contributed by atoms with Crippen LogP contribution in [0.15, 0.2) is 30.3 Å². The molecule has 0 aliphatic rings. The molecule has 6 heteroatoms. The molecule has 0 heterocycles. The molecule has 0 aromatic heterocycles. The zero-order valence-corrected chi connectivity index (χ0v) is 10.4. The number of phenolic OH excluding ortho intramolecular Hbond substituents is 2. The first-order valence-corrected chi connectivity index (χ1v) is 5.68. The van der Waals surface area contributed by atoms with Crippen LogP contribution in [0.5, 0.6) is 11.5 Å². The maximum absolute atomic E-state index is 13.8. The Morgan fingerprint density at radius 3 is 2.30 bits per heavy atom. The Labute approximate surface area is 113 Å². The van der Waals surface area contributed by atoms with Gasteiger partial charge in [0, 0.05) is 0 Å². The summed E-state index contributed by atoms with van der Waals surface area (Å²) < 4.78 is 27.3. The number of aryl methyl sites for hydroxylation is 1. The lowest BCUT2D eigenvalue weighted by Gasteiger charge is -2.11. The van der Waals surface area contributed by atoms with Gasteiger partial charge in [0.25, 0.3) is 5.91 Å². The number of rotatable bonds is 2. The monoisotopic (exact) mass is 279 g/mol. The smallest absolute Gasteiger partial charge is 0.263 e. The number of benzene rings is 2. The second kappa shape index (κ2) is 5.16. The van der Waals surface area contributed by atoms with Gasteiger partial charge in [-0.1, -0.05) is 12.1 Å². The normalized spacial score (nSPS) is 10.3. The van der Waals surface area contributed by atoms with E-state index in [9.17, 15) is 23.8 Å². The fourth-order valence-corrected chi connectivity index (χ4v) is 1.71. The molecule has 0 fully saturated rings. The SMILES string of the molecule is Cc1ccc(F)c(NC(=O)c2c(O)cccc2O)c1F. The number of carbonyl (C=O) groups excluding carboxylic acids is 1. The number of halogens is 2. The van der Waals surface area contributed by atoms with E-state index >= 15 is 0 Å². The van der Waals surface area contributed by atoms with Crippen molar-refractivity contribution in [2.24, 2.45) is 0 Å². The fourth-order valence-electron chi connectivity index (χ4n) is 1.71. The zero-order chi connectivity index (χ0) is 14.9. The Bertz CT molecular complexity index is 666. The summed E-state index contributed by atoms with van der Waals surface area (Å²) in [6.45, 7) is 1.42. The molecular weight excluding hydrogens is 268 g/mol. The van der Waals surface area contributed by atoms with E-state index in [2.05, 4.69) is 0 Å². The zero-order valence-electron chi connectivity index (χ0n) is 10.4. The molecule has 2 aromatic carbocycles. The van der Waals surface area contributed by atoms with E-state index in [0.29, 0.717) is 0 Å². The number of phenols is 2. The number of hydrogen-bond donors (Lipinski definition) is 3. The molecule has 0 bridgehead atoms. The van der Waals surface area contributed by atoms with Gasteiger partial charge < -0.3 is 15.5 Å². The largest absolute Gasteiger partial charge is 0.507 e. The summed E-state index contributed by atoms with van der Waals surface area (Å²) in [4.78, 5) is 11.9. The molecular formula is C14H11F2NO3. The van der Waals surface area contributed by atoms with Gasteiger partial charge in [-0.2, -0.15) is 0 Å². The van der Waals surface area contributed by atoms with Crippen molar-refractivity contribution in [3.05, 3.63) is 53.1 Å². The highest BCUT2D eigenvalue weighted by Gasteiger charge is 2.20. The molecule has 1 amide bonds. The minimum atomic E-state index is -1.01. The van der Waals surface area contributed by atoms with Crippen molar-refractivity contribution in [2.45, 2.75) is 6.92 Å². The summed E-state index contributed by atoms with van der Waals surface area (Å²) in [6, 6.07) is 5.93. The molecule has 104 valence electrons. The highest BCUT2D eigenvalue weighted by molar-refractivity contribution is 6.08. The lowest BCUT2D eigenvalue weighted by molar-refractivity contribution is 0.102. The molecule has 2 rings (SSSR count). The first-order valence-electron chi connectivity index (χ1n) is 5.68. The van der Waals surface area contributed by atoms with Crippen LogP contribution in [0.1, 0.15) is 15.9 Å². The van der Waals surface area contributed by atoms with E-state index in [4.69, 9.17) is 0 Å². The molecule has 0 aliphatic carbocycles. The summed E-state index contributed by atoms with van der Waals surface area (Å²) in [5.41, 5.74) is -0.923. The Morgan fingerprint density at radius 1 is 1.10 bits per heavy atom. The minimum absolute atomic E-state index is 0.156. The van der Waals surface area contributed by atoms with Crippen molar-refractivity contribution in [2.75, 3.05) is 5.32 Å². The molecule has 0 spiro atoms. The molecule has 4 nitrogen and oxygen atoms in total. The van der Waals surface area contributed by atoms with Crippen LogP contribution in [0.4, 0.5) is 14.5 Å². The molecule has 0 saturated heterocycles. The molecule has 0 saturated carbocycles. The average Bonchev–Trinajstić information content (AvgIpc) is 2.39. The van der Waals surface area contributed by atoms with Crippen molar-refractivity contribution in [1.29, 1.82) is 0 Å². The Balaban J connectivity index is 2.41. The van der Waals surface area contributed by atoms with E-state index in [1.165, 1.54) is 31.2 Å². The van der Waals surface area contributed by atoms with Gasteiger partial charge in [0.2, 0.25) is 0 Å². The summed E-state index contributed by atoms with van der Waals surface area (Å²) in [7, 11) is 0. The van der Waals surface area contributed by atoms with Crippen LogP contribution < -0.4 is 5.32 Å². The van der Waals surface area contributed by atoms with Gasteiger partial charge in [-0.25, -0.2) is 8.78 Å². The van der Waals surface area contributed by atoms with Crippen LogP contribution >= 0.6 is 0 Å². The maximum Gasteiger partial charge on any atom is 0.263 e. The quantitative estimate of drug-likeness (QED) is 0.791. The Morgan fingerprint density at radius 2 is 1.70 bits per heavy atom. The lowest BCUT2D eigenvalue weighted by atomic mass is 10.1. The van der Waals surface area contributed by atoms with Crippen molar-refractivity contribution < 1.29 is 23.8 Å². The molecule has 0 aliphatic heterocycles. The standard InChI is InChI=1S/C14H11F2NO3/c1-7-5-6-8(15)13(12(7)16)17-14(20)11-9(18)3-2-4-10(11)19/h2-6,18-19H,1H3,(H,17,20). The second-order valence-electron chi connectivity index (χ2n) is 4.18. The van der Waals surface area contributed by atoms with Gasteiger partial charge in [-0.05, 0) is 30.7 Å². The highest BCUT2D eigenvalue weighted by atomic mass is 19.1. The molecule has 0 unspecified atom stereocenters. The minimum Gasteiger partial charge on any atom is -0.507 e. The first-order chi connectivity index (χ1) is 9.41. The topological polar surface area (TPSA) is 69.6 Å². The molecule has 0 atom stereocenters. The van der Waals surface area contributed by atoms with Gasteiger partial charge >= 0.3 is 0 Å². The third-order valence-corrected chi connectivity index (χ3v) is 2.77. The third kappa shape index (κ3) is 2.40. The van der Waals surface area contributed by atoms with Gasteiger partial charge in [0.1, 0.15) is 28.6 Å². The number of anilines is 1. The number of aromatic hydroxyl groups is 2. The second-order valence-corrected chi connectivity index (χ2v) is 4.18. The van der Waals surface area contributed by atoms with Gasteiger partial charge in [0.05, 0.1) is 0 Å². The molecule has 2 aromatic rings. The van der Waals surface area contributed by atoms with Crippen LogP contribution in [0.25, 0.3) is 0 Å².